The Morgan fingerprint density at radius 2 is 2.33 bits per heavy atom. The van der Waals surface area contributed by atoms with E-state index in [4.69, 9.17) is 10.5 Å². The Balaban J connectivity index is 2.72. The summed E-state index contributed by atoms with van der Waals surface area (Å²) in [4.78, 5) is 12.6. The van der Waals surface area contributed by atoms with Crippen molar-refractivity contribution in [3.05, 3.63) is 0 Å². The van der Waals surface area contributed by atoms with Crippen molar-refractivity contribution >= 4 is 5.91 Å². The van der Waals surface area contributed by atoms with Crippen LogP contribution in [0.2, 0.25) is 0 Å². The predicted octanol–water partition coefficient (Wildman–Crippen LogP) is 0.216. The summed E-state index contributed by atoms with van der Waals surface area (Å²) in [7, 11) is 1.42. The van der Waals surface area contributed by atoms with Gasteiger partial charge in [-0.3, -0.25) is 4.79 Å². The average molecular weight is 222 g/mol. The number of rotatable bonds is 3. The minimum Gasteiger partial charge on any atom is -0.383 e. The zero-order chi connectivity index (χ0) is 11.6. The van der Waals surface area contributed by atoms with E-state index < -0.39 is 30.5 Å². The van der Waals surface area contributed by atoms with Gasteiger partial charge in [0.25, 0.3) is 5.92 Å². The Kier molecular flexibility index (Phi) is 3.62. The molecule has 88 valence electrons. The first-order valence-corrected chi connectivity index (χ1v) is 4.80. The molecule has 0 bridgehead atoms. The molecule has 6 heteroatoms. The van der Waals surface area contributed by atoms with Crippen LogP contribution in [0.4, 0.5) is 8.78 Å². The molecular formula is C9H16F2N2O2. The molecule has 1 aliphatic heterocycles. The Hall–Kier alpha value is -0.750. The highest BCUT2D eigenvalue weighted by Crippen LogP contribution is 2.32. The minimum absolute atomic E-state index is 0.119. The molecule has 1 rings (SSSR count). The third-order valence-corrected chi connectivity index (χ3v) is 2.41. The molecule has 0 aromatic carbocycles. The van der Waals surface area contributed by atoms with Crippen molar-refractivity contribution in [3.8, 4) is 0 Å². The van der Waals surface area contributed by atoms with Crippen molar-refractivity contribution in [3.63, 3.8) is 0 Å². The number of nitrogens with zero attached hydrogens (tertiary/aromatic N) is 1. The van der Waals surface area contributed by atoms with Gasteiger partial charge in [0.2, 0.25) is 5.91 Å². The zero-order valence-corrected chi connectivity index (χ0v) is 8.87. The first-order chi connectivity index (χ1) is 6.87. The van der Waals surface area contributed by atoms with Crippen molar-refractivity contribution in [2.75, 3.05) is 20.3 Å². The van der Waals surface area contributed by atoms with Crippen molar-refractivity contribution in [2.24, 2.45) is 5.73 Å². The third kappa shape index (κ3) is 2.85. The van der Waals surface area contributed by atoms with Gasteiger partial charge in [-0.25, -0.2) is 8.78 Å². The quantitative estimate of drug-likeness (QED) is 0.743. The standard InChI is InChI=1S/C9H16F2N2O2/c1-6(12)8(14)13-5-9(10,11)3-7(13)4-15-2/h6-7H,3-5,12H2,1-2H3/t6-,7+/m0/s1. The summed E-state index contributed by atoms with van der Waals surface area (Å²) < 4.78 is 31.0. The Morgan fingerprint density at radius 3 is 2.80 bits per heavy atom. The average Bonchev–Trinajstić information content (AvgIpc) is 2.40. The Morgan fingerprint density at radius 1 is 1.73 bits per heavy atom. The van der Waals surface area contributed by atoms with Gasteiger partial charge >= 0.3 is 0 Å². The fraction of sp³-hybridized carbons (Fsp3) is 0.889. The third-order valence-electron chi connectivity index (χ3n) is 2.41. The number of alkyl halides is 2. The Labute approximate surface area is 87.4 Å². The molecule has 1 amide bonds. The van der Waals surface area contributed by atoms with Gasteiger partial charge in [0.1, 0.15) is 0 Å². The molecule has 0 unspecified atom stereocenters. The molecule has 1 saturated heterocycles. The number of carbonyl (C=O) groups is 1. The van der Waals surface area contributed by atoms with Crippen molar-refractivity contribution in [1.82, 2.24) is 4.90 Å². The van der Waals surface area contributed by atoms with Crippen LogP contribution >= 0.6 is 0 Å². The summed E-state index contributed by atoms with van der Waals surface area (Å²) in [5.74, 6) is -3.28. The fourth-order valence-electron chi connectivity index (χ4n) is 1.76. The SMILES string of the molecule is COC[C@H]1CC(F)(F)CN1C(=O)[C@H](C)N. The molecule has 15 heavy (non-hydrogen) atoms. The molecule has 0 aliphatic carbocycles. The van der Waals surface area contributed by atoms with Gasteiger partial charge in [0.15, 0.2) is 0 Å². The van der Waals surface area contributed by atoms with E-state index in [0.29, 0.717) is 0 Å². The van der Waals surface area contributed by atoms with Gasteiger partial charge < -0.3 is 15.4 Å². The number of likely N-dealkylation sites (tertiary alicyclic amines) is 1. The van der Waals surface area contributed by atoms with Gasteiger partial charge in [-0.15, -0.1) is 0 Å². The number of carbonyl (C=O) groups excluding carboxylic acids is 1. The van der Waals surface area contributed by atoms with Gasteiger partial charge in [0.05, 0.1) is 25.2 Å². The molecular weight excluding hydrogens is 206 g/mol. The lowest BCUT2D eigenvalue weighted by Gasteiger charge is -2.24. The normalized spacial score (nSPS) is 26.7. The smallest absolute Gasteiger partial charge is 0.267 e. The first-order valence-electron chi connectivity index (χ1n) is 4.80. The van der Waals surface area contributed by atoms with Crippen LogP contribution < -0.4 is 5.73 Å². The van der Waals surface area contributed by atoms with Crippen LogP contribution in [0.1, 0.15) is 13.3 Å². The van der Waals surface area contributed by atoms with Crippen molar-refractivity contribution in [2.45, 2.75) is 31.4 Å². The van der Waals surface area contributed by atoms with E-state index in [-0.39, 0.29) is 13.0 Å². The second-order valence-electron chi connectivity index (χ2n) is 3.92. The van der Waals surface area contributed by atoms with Crippen LogP contribution in [-0.4, -0.2) is 49.1 Å². The summed E-state index contributed by atoms with van der Waals surface area (Å²) in [5.41, 5.74) is 5.39. The topological polar surface area (TPSA) is 55.6 Å². The maximum atomic E-state index is 13.1. The largest absolute Gasteiger partial charge is 0.383 e. The maximum Gasteiger partial charge on any atom is 0.267 e. The van der Waals surface area contributed by atoms with Crippen molar-refractivity contribution < 1.29 is 18.3 Å². The van der Waals surface area contributed by atoms with E-state index in [1.54, 1.807) is 0 Å². The highest BCUT2D eigenvalue weighted by atomic mass is 19.3. The zero-order valence-electron chi connectivity index (χ0n) is 8.87. The van der Waals surface area contributed by atoms with Crippen LogP contribution in [-0.2, 0) is 9.53 Å². The number of methoxy groups -OCH3 is 1. The summed E-state index contributed by atoms with van der Waals surface area (Å²) in [6, 6.07) is -1.32. The lowest BCUT2D eigenvalue weighted by molar-refractivity contribution is -0.135. The number of ether oxygens (including phenoxy) is 1. The van der Waals surface area contributed by atoms with Crippen LogP contribution in [0.15, 0.2) is 0 Å². The lowest BCUT2D eigenvalue weighted by atomic mass is 10.2. The molecule has 2 N–H and O–H groups in total. The number of hydrogen-bond acceptors (Lipinski definition) is 3. The fourth-order valence-corrected chi connectivity index (χ4v) is 1.76. The summed E-state index contributed by atoms with van der Waals surface area (Å²) >= 11 is 0. The molecule has 0 radical (unpaired) electrons. The molecule has 4 nitrogen and oxygen atoms in total. The highest BCUT2D eigenvalue weighted by Gasteiger charge is 2.47. The van der Waals surface area contributed by atoms with Crippen molar-refractivity contribution in [1.29, 1.82) is 0 Å². The second kappa shape index (κ2) is 4.40. The molecule has 1 fully saturated rings. The number of halogens is 2. The molecule has 0 aromatic heterocycles. The van der Waals surface area contributed by atoms with E-state index in [1.807, 2.05) is 0 Å². The molecule has 0 aromatic rings. The number of hydrogen-bond donors (Lipinski definition) is 1. The highest BCUT2D eigenvalue weighted by molar-refractivity contribution is 5.81. The van der Waals surface area contributed by atoms with E-state index in [1.165, 1.54) is 14.0 Å². The van der Waals surface area contributed by atoms with Gasteiger partial charge in [-0.1, -0.05) is 0 Å². The minimum atomic E-state index is -2.83. The van der Waals surface area contributed by atoms with E-state index in [2.05, 4.69) is 0 Å². The van der Waals surface area contributed by atoms with Crippen LogP contribution in [0.3, 0.4) is 0 Å². The molecule has 2 atom stereocenters. The summed E-state index contributed by atoms with van der Waals surface area (Å²) in [6.07, 6.45) is -0.348. The molecule has 0 spiro atoms. The second-order valence-corrected chi connectivity index (χ2v) is 3.92. The van der Waals surface area contributed by atoms with Gasteiger partial charge in [0, 0.05) is 13.5 Å². The maximum absolute atomic E-state index is 13.1. The van der Waals surface area contributed by atoms with E-state index in [9.17, 15) is 13.6 Å². The Bertz CT molecular complexity index is 246. The van der Waals surface area contributed by atoms with Crippen LogP contribution in [0.5, 0.6) is 0 Å². The number of amides is 1. The van der Waals surface area contributed by atoms with Gasteiger partial charge in [-0.05, 0) is 6.92 Å². The monoisotopic (exact) mass is 222 g/mol. The molecule has 1 aliphatic rings. The van der Waals surface area contributed by atoms with Crippen LogP contribution in [0, 0.1) is 0 Å². The van der Waals surface area contributed by atoms with E-state index >= 15 is 0 Å². The molecule has 0 saturated carbocycles. The lowest BCUT2D eigenvalue weighted by Crippen LogP contribution is -2.46. The summed E-state index contributed by atoms with van der Waals surface area (Å²) in [5, 5.41) is 0. The predicted molar refractivity (Wildman–Crippen MR) is 50.6 cm³/mol. The molecule has 1 heterocycles. The van der Waals surface area contributed by atoms with Gasteiger partial charge in [-0.2, -0.15) is 0 Å². The van der Waals surface area contributed by atoms with E-state index in [0.717, 1.165) is 4.90 Å². The number of nitrogens with two attached hydrogens (primary N) is 1. The first kappa shape index (κ1) is 12.3. The van der Waals surface area contributed by atoms with Crippen LogP contribution in [0.25, 0.3) is 0 Å². The summed E-state index contributed by atoms with van der Waals surface area (Å²) in [6.45, 7) is 1.05.